The third kappa shape index (κ3) is 2.80. The molecule has 0 radical (unpaired) electrons. The van der Waals surface area contributed by atoms with Crippen LogP contribution in [0, 0.1) is 0 Å². The minimum atomic E-state index is 0.0146. The third-order valence-electron chi connectivity index (χ3n) is 3.96. The Morgan fingerprint density at radius 2 is 2.37 bits per heavy atom. The second-order valence-corrected chi connectivity index (χ2v) is 6.24. The topological polar surface area (TPSA) is 48.5 Å². The highest BCUT2D eigenvalue weighted by atomic mass is 79.9. The molecule has 2 aliphatic rings. The molecule has 1 aromatic rings. The van der Waals surface area contributed by atoms with Gasteiger partial charge in [0.2, 0.25) is 5.91 Å². The number of anilines is 1. The summed E-state index contributed by atoms with van der Waals surface area (Å²) in [7, 11) is 2.16. The number of likely N-dealkylation sites (N-methyl/N-ethyl adjacent to an activating group) is 1. The normalized spacial score (nSPS) is 26.8. The molecule has 2 atom stereocenters. The SMILES string of the molecule is CN1C[C@@H]2C[C@H]1CN2CC(=O)Nc1cc(Br)ccn1. The van der Waals surface area contributed by atoms with Gasteiger partial charge in [0.15, 0.2) is 0 Å². The highest BCUT2D eigenvalue weighted by Crippen LogP contribution is 2.28. The van der Waals surface area contributed by atoms with Crippen molar-refractivity contribution in [1.29, 1.82) is 0 Å². The zero-order valence-electron chi connectivity index (χ0n) is 10.8. The van der Waals surface area contributed by atoms with E-state index in [9.17, 15) is 4.79 Å². The fraction of sp³-hybridized carbons (Fsp3) is 0.538. The number of nitrogens with zero attached hydrogens (tertiary/aromatic N) is 3. The molecule has 3 rings (SSSR count). The predicted octanol–water partition coefficient (Wildman–Crippen LogP) is 1.17. The molecule has 0 aliphatic carbocycles. The lowest BCUT2D eigenvalue weighted by Gasteiger charge is -2.31. The van der Waals surface area contributed by atoms with E-state index in [1.54, 1.807) is 6.20 Å². The van der Waals surface area contributed by atoms with Crippen molar-refractivity contribution in [2.75, 3.05) is 32.0 Å². The Hall–Kier alpha value is -0.980. The molecule has 19 heavy (non-hydrogen) atoms. The second kappa shape index (κ2) is 5.19. The Labute approximate surface area is 121 Å². The molecule has 0 unspecified atom stereocenters. The smallest absolute Gasteiger partial charge is 0.239 e. The van der Waals surface area contributed by atoms with Crippen LogP contribution in [0.2, 0.25) is 0 Å². The number of halogens is 1. The second-order valence-electron chi connectivity index (χ2n) is 5.32. The molecule has 102 valence electrons. The third-order valence-corrected chi connectivity index (χ3v) is 4.46. The number of hydrogen-bond donors (Lipinski definition) is 1. The van der Waals surface area contributed by atoms with Gasteiger partial charge < -0.3 is 10.2 Å². The number of carbonyl (C=O) groups is 1. The van der Waals surface area contributed by atoms with E-state index in [2.05, 4.69) is 43.1 Å². The molecule has 1 N–H and O–H groups in total. The van der Waals surface area contributed by atoms with E-state index in [0.717, 1.165) is 17.6 Å². The molecule has 2 bridgehead atoms. The van der Waals surface area contributed by atoms with Gasteiger partial charge in [0.1, 0.15) is 5.82 Å². The number of hydrogen-bond acceptors (Lipinski definition) is 4. The van der Waals surface area contributed by atoms with E-state index < -0.39 is 0 Å². The van der Waals surface area contributed by atoms with Crippen molar-refractivity contribution in [1.82, 2.24) is 14.8 Å². The predicted molar refractivity (Wildman–Crippen MR) is 77.0 cm³/mol. The van der Waals surface area contributed by atoms with Gasteiger partial charge in [-0.3, -0.25) is 9.69 Å². The number of aromatic nitrogens is 1. The van der Waals surface area contributed by atoms with Gasteiger partial charge in [0.25, 0.3) is 0 Å². The number of likely N-dealkylation sites (tertiary alicyclic amines) is 2. The summed E-state index contributed by atoms with van der Waals surface area (Å²) in [5.74, 6) is 0.613. The first-order chi connectivity index (χ1) is 9.11. The number of rotatable bonds is 3. The lowest BCUT2D eigenvalue weighted by atomic mass is 10.2. The van der Waals surface area contributed by atoms with E-state index in [1.165, 1.54) is 6.42 Å². The van der Waals surface area contributed by atoms with Crippen molar-refractivity contribution in [3.05, 3.63) is 22.8 Å². The Morgan fingerprint density at radius 3 is 3.00 bits per heavy atom. The van der Waals surface area contributed by atoms with Crippen LogP contribution in [0.25, 0.3) is 0 Å². The van der Waals surface area contributed by atoms with Crippen LogP contribution < -0.4 is 5.32 Å². The molecule has 0 saturated carbocycles. The van der Waals surface area contributed by atoms with E-state index in [1.807, 2.05) is 12.1 Å². The van der Waals surface area contributed by atoms with E-state index in [0.29, 0.717) is 24.4 Å². The number of pyridine rings is 1. The summed E-state index contributed by atoms with van der Waals surface area (Å²) in [5, 5.41) is 2.85. The first kappa shape index (κ1) is 13.0. The highest BCUT2D eigenvalue weighted by Gasteiger charge is 2.41. The fourth-order valence-corrected chi connectivity index (χ4v) is 3.32. The Balaban J connectivity index is 1.55. The average Bonchev–Trinajstić information content (AvgIpc) is 2.87. The van der Waals surface area contributed by atoms with Crippen molar-refractivity contribution in [3.8, 4) is 0 Å². The van der Waals surface area contributed by atoms with Crippen molar-refractivity contribution in [2.24, 2.45) is 0 Å². The summed E-state index contributed by atoms with van der Waals surface area (Å²) in [6, 6.07) is 4.81. The molecular weight excluding hydrogens is 308 g/mol. The maximum atomic E-state index is 12.0. The Kier molecular flexibility index (Phi) is 3.56. The molecule has 1 amide bonds. The van der Waals surface area contributed by atoms with Crippen molar-refractivity contribution < 1.29 is 4.79 Å². The van der Waals surface area contributed by atoms with Crippen molar-refractivity contribution in [2.45, 2.75) is 18.5 Å². The lowest BCUT2D eigenvalue weighted by molar-refractivity contribution is -0.117. The molecule has 0 spiro atoms. The van der Waals surface area contributed by atoms with Gasteiger partial charge in [-0.05, 0) is 25.6 Å². The summed E-state index contributed by atoms with van der Waals surface area (Å²) >= 11 is 3.37. The molecule has 1 aromatic heterocycles. The van der Waals surface area contributed by atoms with Gasteiger partial charge >= 0.3 is 0 Å². The van der Waals surface area contributed by atoms with Crippen LogP contribution in [0.1, 0.15) is 6.42 Å². The first-order valence-corrected chi connectivity index (χ1v) is 7.27. The Bertz CT molecular complexity index is 493. The van der Waals surface area contributed by atoms with Crippen LogP contribution in [0.5, 0.6) is 0 Å². The quantitative estimate of drug-likeness (QED) is 0.906. The maximum absolute atomic E-state index is 12.0. The van der Waals surface area contributed by atoms with Gasteiger partial charge in [-0.1, -0.05) is 15.9 Å². The number of nitrogens with one attached hydrogen (secondary N) is 1. The largest absolute Gasteiger partial charge is 0.310 e. The fourth-order valence-electron chi connectivity index (χ4n) is 2.98. The number of fused-ring (bicyclic) bond motifs is 2. The van der Waals surface area contributed by atoms with Gasteiger partial charge in [-0.2, -0.15) is 0 Å². The first-order valence-electron chi connectivity index (χ1n) is 6.47. The molecular formula is C13H17BrN4O. The van der Waals surface area contributed by atoms with Crippen LogP contribution in [0.15, 0.2) is 22.8 Å². The molecule has 2 fully saturated rings. The van der Waals surface area contributed by atoms with Crippen LogP contribution in [0.4, 0.5) is 5.82 Å². The van der Waals surface area contributed by atoms with Crippen molar-refractivity contribution >= 4 is 27.7 Å². The average molecular weight is 325 g/mol. The van der Waals surface area contributed by atoms with Gasteiger partial charge in [-0.15, -0.1) is 0 Å². The van der Waals surface area contributed by atoms with Crippen LogP contribution >= 0.6 is 15.9 Å². The lowest BCUT2D eigenvalue weighted by Crippen LogP contribution is -2.47. The zero-order chi connectivity index (χ0) is 13.4. The van der Waals surface area contributed by atoms with Gasteiger partial charge in [-0.25, -0.2) is 4.98 Å². The summed E-state index contributed by atoms with van der Waals surface area (Å²) in [5.41, 5.74) is 0. The molecule has 2 aliphatic heterocycles. The van der Waals surface area contributed by atoms with Crippen LogP contribution in [-0.4, -0.2) is 59.5 Å². The van der Waals surface area contributed by atoms with Crippen LogP contribution in [-0.2, 0) is 4.79 Å². The summed E-state index contributed by atoms with van der Waals surface area (Å²) < 4.78 is 0.916. The van der Waals surface area contributed by atoms with E-state index in [4.69, 9.17) is 0 Å². The minimum absolute atomic E-state index is 0.0146. The number of carbonyl (C=O) groups excluding carboxylic acids is 1. The Morgan fingerprint density at radius 1 is 1.53 bits per heavy atom. The standard InChI is InChI=1S/C13H17BrN4O/c1-17-6-11-5-10(17)7-18(11)8-13(19)16-12-4-9(14)2-3-15-12/h2-4,10-11H,5-8H2,1H3,(H,15,16,19)/t10-,11-/m0/s1. The van der Waals surface area contributed by atoms with Gasteiger partial charge in [0, 0.05) is 35.8 Å². The van der Waals surface area contributed by atoms with E-state index in [-0.39, 0.29) is 5.91 Å². The summed E-state index contributed by atoms with van der Waals surface area (Å²) in [6.07, 6.45) is 2.87. The monoisotopic (exact) mass is 324 g/mol. The number of amides is 1. The molecule has 2 saturated heterocycles. The molecule has 5 nitrogen and oxygen atoms in total. The number of piperazine rings is 1. The van der Waals surface area contributed by atoms with Crippen LogP contribution in [0.3, 0.4) is 0 Å². The summed E-state index contributed by atoms with van der Waals surface area (Å²) in [6.45, 7) is 2.54. The van der Waals surface area contributed by atoms with Gasteiger partial charge in [0.05, 0.1) is 6.54 Å². The zero-order valence-corrected chi connectivity index (χ0v) is 12.4. The molecule has 0 aromatic carbocycles. The maximum Gasteiger partial charge on any atom is 0.239 e. The molecule has 3 heterocycles. The van der Waals surface area contributed by atoms with E-state index >= 15 is 0 Å². The molecule has 6 heteroatoms. The summed E-state index contributed by atoms with van der Waals surface area (Å²) in [4.78, 5) is 20.8. The minimum Gasteiger partial charge on any atom is -0.310 e. The highest BCUT2D eigenvalue weighted by molar-refractivity contribution is 9.10. The van der Waals surface area contributed by atoms with Crippen molar-refractivity contribution in [3.63, 3.8) is 0 Å².